The van der Waals surface area contributed by atoms with Crippen LogP contribution in [0.4, 0.5) is 5.69 Å². The number of aromatic nitrogens is 3. The summed E-state index contributed by atoms with van der Waals surface area (Å²) in [7, 11) is 3.21. The molecule has 2 amide bonds. The standard InChI is InChI=1S/C27H21ClN4O4S/c1-35-20-11-3-16(4-12-20)24-25(17-5-13-21(36-2)14-6-17)30-31-27(29-24)37-22-15-23(33)32(26(22)34)19-9-7-18(28)8-10-19/h3-14,22H,15H2,1-2H3. The summed E-state index contributed by atoms with van der Waals surface area (Å²) in [6.45, 7) is 0. The summed E-state index contributed by atoms with van der Waals surface area (Å²) in [5.74, 6) is 0.815. The van der Waals surface area contributed by atoms with Crippen molar-refractivity contribution in [3.63, 3.8) is 0 Å². The van der Waals surface area contributed by atoms with Crippen LogP contribution in [-0.2, 0) is 9.59 Å². The first-order valence-corrected chi connectivity index (χ1v) is 12.5. The Bertz CT molecular complexity index is 1450. The van der Waals surface area contributed by atoms with E-state index in [0.717, 1.165) is 28.6 Å². The Labute approximate surface area is 222 Å². The Balaban J connectivity index is 1.47. The average Bonchev–Trinajstić information content (AvgIpc) is 3.21. The van der Waals surface area contributed by atoms with Gasteiger partial charge in [0.25, 0.3) is 0 Å². The van der Waals surface area contributed by atoms with Crippen molar-refractivity contribution in [2.24, 2.45) is 0 Å². The molecule has 1 unspecified atom stereocenters. The molecule has 1 aliphatic rings. The first-order valence-electron chi connectivity index (χ1n) is 11.3. The summed E-state index contributed by atoms with van der Waals surface area (Å²) < 4.78 is 10.6. The molecule has 1 aliphatic heterocycles. The highest BCUT2D eigenvalue weighted by Gasteiger charge is 2.40. The number of imide groups is 1. The Morgan fingerprint density at radius 3 is 1.95 bits per heavy atom. The maximum absolute atomic E-state index is 13.1. The van der Waals surface area contributed by atoms with Crippen LogP contribution in [0.25, 0.3) is 22.5 Å². The number of ether oxygens (including phenoxy) is 2. The van der Waals surface area contributed by atoms with E-state index >= 15 is 0 Å². The molecular weight excluding hydrogens is 512 g/mol. The fourth-order valence-corrected chi connectivity index (χ4v) is 4.98. The first kappa shape index (κ1) is 24.7. The summed E-state index contributed by atoms with van der Waals surface area (Å²) in [6, 6.07) is 21.5. The number of carbonyl (C=O) groups is 2. The zero-order valence-corrected chi connectivity index (χ0v) is 21.5. The number of thioether (sulfide) groups is 1. The van der Waals surface area contributed by atoms with E-state index in [0.29, 0.717) is 33.0 Å². The summed E-state index contributed by atoms with van der Waals surface area (Å²) in [4.78, 5) is 31.8. The molecule has 0 spiro atoms. The molecule has 0 bridgehead atoms. The van der Waals surface area contributed by atoms with Gasteiger partial charge < -0.3 is 9.47 Å². The minimum Gasteiger partial charge on any atom is -0.497 e. The monoisotopic (exact) mass is 532 g/mol. The number of hydrogen-bond donors (Lipinski definition) is 0. The second-order valence-electron chi connectivity index (χ2n) is 8.10. The van der Waals surface area contributed by atoms with E-state index in [9.17, 15) is 9.59 Å². The molecule has 37 heavy (non-hydrogen) atoms. The van der Waals surface area contributed by atoms with Crippen molar-refractivity contribution in [1.29, 1.82) is 0 Å². The van der Waals surface area contributed by atoms with Crippen molar-refractivity contribution in [3.8, 4) is 34.0 Å². The molecule has 1 atom stereocenters. The zero-order chi connectivity index (χ0) is 25.9. The number of amides is 2. The highest BCUT2D eigenvalue weighted by molar-refractivity contribution is 8.00. The number of nitrogens with zero attached hydrogens (tertiary/aromatic N) is 4. The second kappa shape index (κ2) is 10.6. The minimum absolute atomic E-state index is 0.0353. The average molecular weight is 533 g/mol. The van der Waals surface area contributed by atoms with Gasteiger partial charge in [0.1, 0.15) is 28.1 Å². The molecule has 3 aromatic carbocycles. The lowest BCUT2D eigenvalue weighted by Gasteiger charge is -2.15. The van der Waals surface area contributed by atoms with Crippen molar-refractivity contribution in [1.82, 2.24) is 15.2 Å². The smallest absolute Gasteiger partial charge is 0.247 e. The van der Waals surface area contributed by atoms with E-state index in [1.54, 1.807) is 38.5 Å². The zero-order valence-electron chi connectivity index (χ0n) is 19.9. The second-order valence-corrected chi connectivity index (χ2v) is 9.71. The normalized spacial score (nSPS) is 15.2. The van der Waals surface area contributed by atoms with Crippen LogP contribution in [0.2, 0.25) is 5.02 Å². The van der Waals surface area contributed by atoms with Crippen LogP contribution in [0.15, 0.2) is 78.0 Å². The van der Waals surface area contributed by atoms with Crippen LogP contribution in [-0.4, -0.2) is 46.5 Å². The quantitative estimate of drug-likeness (QED) is 0.296. The molecule has 1 fully saturated rings. The van der Waals surface area contributed by atoms with Gasteiger partial charge in [-0.05, 0) is 72.8 Å². The van der Waals surface area contributed by atoms with Crippen molar-refractivity contribution in [3.05, 3.63) is 77.8 Å². The summed E-state index contributed by atoms with van der Waals surface area (Å²) in [5.41, 5.74) is 3.27. The van der Waals surface area contributed by atoms with Gasteiger partial charge in [-0.25, -0.2) is 9.88 Å². The topological polar surface area (TPSA) is 94.5 Å². The van der Waals surface area contributed by atoms with Crippen LogP contribution >= 0.6 is 23.4 Å². The molecule has 5 rings (SSSR count). The maximum atomic E-state index is 13.1. The summed E-state index contributed by atoms with van der Waals surface area (Å²) in [6.07, 6.45) is 0.0353. The highest BCUT2D eigenvalue weighted by atomic mass is 35.5. The molecular formula is C27H21ClN4O4S. The highest BCUT2D eigenvalue weighted by Crippen LogP contribution is 2.36. The molecule has 0 N–H and O–H groups in total. The van der Waals surface area contributed by atoms with E-state index in [1.165, 1.54) is 4.90 Å². The van der Waals surface area contributed by atoms with Crippen molar-refractivity contribution in [2.45, 2.75) is 16.8 Å². The first-order chi connectivity index (χ1) is 18.0. The third-order valence-electron chi connectivity index (χ3n) is 5.83. The molecule has 2 heterocycles. The Hall–Kier alpha value is -3.95. The van der Waals surface area contributed by atoms with Gasteiger partial charge in [-0.1, -0.05) is 23.4 Å². The number of anilines is 1. The van der Waals surface area contributed by atoms with E-state index in [2.05, 4.69) is 10.2 Å². The van der Waals surface area contributed by atoms with Crippen LogP contribution < -0.4 is 14.4 Å². The lowest BCUT2D eigenvalue weighted by molar-refractivity contribution is -0.121. The minimum atomic E-state index is -0.666. The number of carbonyl (C=O) groups excluding carboxylic acids is 2. The number of methoxy groups -OCH3 is 2. The molecule has 0 aliphatic carbocycles. The molecule has 0 saturated carbocycles. The number of halogens is 1. The van der Waals surface area contributed by atoms with Crippen molar-refractivity contribution >= 4 is 40.9 Å². The molecule has 10 heteroatoms. The van der Waals surface area contributed by atoms with E-state index in [-0.39, 0.29) is 18.2 Å². The van der Waals surface area contributed by atoms with E-state index in [4.69, 9.17) is 26.1 Å². The van der Waals surface area contributed by atoms with Crippen molar-refractivity contribution < 1.29 is 19.1 Å². The van der Waals surface area contributed by atoms with Gasteiger partial charge in [0.2, 0.25) is 17.0 Å². The number of rotatable bonds is 7. The van der Waals surface area contributed by atoms with E-state index < -0.39 is 5.25 Å². The molecule has 186 valence electrons. The van der Waals surface area contributed by atoms with Gasteiger partial charge in [-0.3, -0.25) is 9.59 Å². The maximum Gasteiger partial charge on any atom is 0.247 e. The summed E-state index contributed by atoms with van der Waals surface area (Å²) >= 11 is 7.08. The number of hydrogen-bond acceptors (Lipinski definition) is 8. The lowest BCUT2D eigenvalue weighted by Crippen LogP contribution is -2.31. The fraction of sp³-hybridized carbons (Fsp3) is 0.148. The lowest BCUT2D eigenvalue weighted by atomic mass is 10.0. The van der Waals surface area contributed by atoms with Gasteiger partial charge in [0.05, 0.1) is 19.9 Å². The predicted octanol–water partition coefficient (Wildman–Crippen LogP) is 5.30. The van der Waals surface area contributed by atoms with Gasteiger partial charge >= 0.3 is 0 Å². The largest absolute Gasteiger partial charge is 0.497 e. The predicted molar refractivity (Wildman–Crippen MR) is 142 cm³/mol. The molecule has 1 aromatic heterocycles. The van der Waals surface area contributed by atoms with Crippen molar-refractivity contribution in [2.75, 3.05) is 19.1 Å². The SMILES string of the molecule is COc1ccc(-c2nnc(SC3CC(=O)N(c4ccc(Cl)cc4)C3=O)nc2-c2ccc(OC)cc2)cc1. The number of benzene rings is 3. The Morgan fingerprint density at radius 1 is 0.811 bits per heavy atom. The van der Waals surface area contributed by atoms with Gasteiger partial charge in [-0.15, -0.1) is 10.2 Å². The third kappa shape index (κ3) is 5.14. The van der Waals surface area contributed by atoms with E-state index in [1.807, 2.05) is 48.5 Å². The Kier molecular flexibility index (Phi) is 7.07. The molecule has 4 aromatic rings. The van der Waals surface area contributed by atoms with Gasteiger partial charge in [0.15, 0.2) is 0 Å². The van der Waals surface area contributed by atoms with Crippen LogP contribution in [0.3, 0.4) is 0 Å². The van der Waals surface area contributed by atoms with Crippen LogP contribution in [0, 0.1) is 0 Å². The molecule has 0 radical (unpaired) electrons. The van der Waals surface area contributed by atoms with Gasteiger partial charge in [0, 0.05) is 22.6 Å². The molecule has 1 saturated heterocycles. The van der Waals surface area contributed by atoms with Crippen LogP contribution in [0.5, 0.6) is 11.5 Å². The molecule has 8 nitrogen and oxygen atoms in total. The fourth-order valence-electron chi connectivity index (χ4n) is 3.94. The van der Waals surface area contributed by atoms with Crippen LogP contribution in [0.1, 0.15) is 6.42 Å². The van der Waals surface area contributed by atoms with Gasteiger partial charge in [-0.2, -0.15) is 0 Å². The third-order valence-corrected chi connectivity index (χ3v) is 7.12. The summed E-state index contributed by atoms with van der Waals surface area (Å²) in [5, 5.41) is 8.92. The Morgan fingerprint density at radius 2 is 1.38 bits per heavy atom.